The number of hydrogen-bond donors (Lipinski definition) is 4. The summed E-state index contributed by atoms with van der Waals surface area (Å²) in [5.41, 5.74) is 5.83. The van der Waals surface area contributed by atoms with Crippen LogP contribution in [0.2, 0.25) is 0 Å². The zero-order valence-corrected chi connectivity index (χ0v) is 33.0. The molecule has 2 heterocycles. The molecular formula is C42H60N2O9. The monoisotopic (exact) mass is 736 g/mol. The molecule has 3 fully saturated rings. The van der Waals surface area contributed by atoms with Crippen LogP contribution in [0.1, 0.15) is 88.0 Å². The van der Waals surface area contributed by atoms with E-state index in [9.17, 15) is 24.6 Å². The Hall–Kier alpha value is -3.25. The molecule has 11 nitrogen and oxygen atoms in total. The quantitative estimate of drug-likeness (QED) is 0.154. The van der Waals surface area contributed by atoms with Crippen LogP contribution in [0, 0.1) is 46.8 Å². The standard InChI is InChI=1S/C42H60N2O9/c1-20-11-14-30(52-31-19-40(8,43)35(26(7)51-31)44-39(49)50-10)22(3)17-27-16-21(2)25(6)18-42(27)37(47)32(38(48)53-42)36(46)41(9)29(20)13-12-28-33(41)23(4)15-24(5)34(28)45/h11-13,16-17,23-31,33-35,45-46H,14-15,18-19,43H2,1-10H3,(H,44,49)/b20-11+,22-17?,36-32-/t23-,24-,25+,26+,27-,28-,29-,30-,31-,33+,34-,35-,40-,41+,42-/m0/s1. The van der Waals surface area contributed by atoms with Crippen molar-refractivity contribution >= 4 is 17.8 Å². The summed E-state index contributed by atoms with van der Waals surface area (Å²) in [6.07, 6.45) is 8.97. The van der Waals surface area contributed by atoms with Gasteiger partial charge in [0.05, 0.1) is 31.5 Å². The zero-order valence-electron chi connectivity index (χ0n) is 33.0. The van der Waals surface area contributed by atoms with E-state index in [0.29, 0.717) is 6.42 Å². The maximum absolute atomic E-state index is 14.9. The van der Waals surface area contributed by atoms with Crippen LogP contribution in [0.3, 0.4) is 0 Å². The number of ether oxygens (including phenoxy) is 4. The number of alkyl carbamates (subject to hydrolysis) is 1. The van der Waals surface area contributed by atoms with Crippen molar-refractivity contribution < 1.29 is 43.5 Å². The summed E-state index contributed by atoms with van der Waals surface area (Å²) >= 11 is 0. The highest BCUT2D eigenvalue weighted by molar-refractivity contribution is 6.26. The van der Waals surface area contributed by atoms with Gasteiger partial charge in [-0.15, -0.1) is 0 Å². The Labute approximate surface area is 314 Å². The number of ketones is 1. The number of amides is 1. The Morgan fingerprint density at radius 1 is 1.00 bits per heavy atom. The van der Waals surface area contributed by atoms with Crippen molar-refractivity contribution in [2.45, 2.75) is 130 Å². The van der Waals surface area contributed by atoms with Gasteiger partial charge in [-0.1, -0.05) is 69.2 Å². The molecule has 4 aliphatic carbocycles. The van der Waals surface area contributed by atoms with Gasteiger partial charge in [-0.05, 0) is 76.7 Å². The molecule has 0 radical (unpaired) electrons. The van der Waals surface area contributed by atoms with E-state index < -0.39 is 76.9 Å². The highest BCUT2D eigenvalue weighted by Crippen LogP contribution is 2.60. The second-order valence-corrected chi connectivity index (χ2v) is 17.6. The number of aliphatic hydroxyl groups excluding tert-OH is 2. The summed E-state index contributed by atoms with van der Waals surface area (Å²) in [5.74, 6) is -3.02. The number of esters is 1. The summed E-state index contributed by atoms with van der Waals surface area (Å²) in [5, 5.41) is 26.9. The Morgan fingerprint density at radius 2 is 1.68 bits per heavy atom. The number of methoxy groups -OCH3 is 1. The number of Topliss-reactive ketones (excluding diaryl/α,β-unsaturated/α-hetero) is 1. The third-order valence-corrected chi connectivity index (χ3v) is 13.8. The van der Waals surface area contributed by atoms with Crippen LogP contribution in [0.5, 0.6) is 0 Å². The van der Waals surface area contributed by atoms with Crippen molar-refractivity contribution in [1.82, 2.24) is 5.32 Å². The summed E-state index contributed by atoms with van der Waals surface area (Å²) in [7, 11) is 1.30. The van der Waals surface area contributed by atoms with Gasteiger partial charge in [0, 0.05) is 41.5 Å². The molecule has 2 aliphatic heterocycles. The zero-order chi connectivity index (χ0) is 38.9. The van der Waals surface area contributed by atoms with Gasteiger partial charge in [-0.3, -0.25) is 4.79 Å². The minimum atomic E-state index is -1.54. The molecule has 1 amide bonds. The van der Waals surface area contributed by atoms with Crippen molar-refractivity contribution in [3.63, 3.8) is 0 Å². The normalized spacial score (nSPS) is 48.2. The Morgan fingerprint density at radius 3 is 2.34 bits per heavy atom. The Bertz CT molecular complexity index is 1670. The van der Waals surface area contributed by atoms with E-state index in [1.165, 1.54) is 7.11 Å². The predicted octanol–water partition coefficient (Wildman–Crippen LogP) is 5.99. The molecule has 0 aromatic rings. The third kappa shape index (κ3) is 6.53. The predicted molar refractivity (Wildman–Crippen MR) is 199 cm³/mol. The molecule has 2 bridgehead atoms. The molecule has 2 saturated heterocycles. The molecular weight excluding hydrogens is 676 g/mol. The first kappa shape index (κ1) is 39.4. The molecule has 6 aliphatic rings. The van der Waals surface area contributed by atoms with Crippen LogP contribution in [-0.4, -0.2) is 77.0 Å². The molecule has 0 aromatic heterocycles. The number of hydrogen-bond acceptors (Lipinski definition) is 10. The molecule has 6 rings (SSSR count). The maximum Gasteiger partial charge on any atom is 0.407 e. The molecule has 5 N–H and O–H groups in total. The van der Waals surface area contributed by atoms with E-state index in [4.69, 9.17) is 24.7 Å². The second-order valence-electron chi connectivity index (χ2n) is 17.6. The summed E-state index contributed by atoms with van der Waals surface area (Å²) in [6, 6.07) is -0.522. The van der Waals surface area contributed by atoms with Crippen molar-refractivity contribution in [3.05, 3.63) is 58.4 Å². The first-order chi connectivity index (χ1) is 24.8. The fraction of sp³-hybridized carbons (Fsp3) is 0.690. The highest BCUT2D eigenvalue weighted by Gasteiger charge is 2.63. The maximum atomic E-state index is 14.9. The van der Waals surface area contributed by atoms with Gasteiger partial charge in [0.1, 0.15) is 11.3 Å². The molecule has 1 saturated carbocycles. The minimum absolute atomic E-state index is 0.0453. The Balaban J connectivity index is 1.48. The molecule has 15 atom stereocenters. The summed E-state index contributed by atoms with van der Waals surface area (Å²) < 4.78 is 24.2. The van der Waals surface area contributed by atoms with E-state index >= 15 is 0 Å². The van der Waals surface area contributed by atoms with Crippen LogP contribution in [0.25, 0.3) is 0 Å². The SMILES string of the molecule is COC(=O)N[C@H]1[C@@H](C)O[C@@H](O[C@H]2C/C=C(\C)[C@@H]3C=C[C@@H]4[C@@H](O)[C@@H](C)C[C@H](C)[C@H]4[C@]3(C)/C(O)=C3/C(=O)O[C@]4(C[C@@H](C)C(C)=C[C@H]4C=C2C)C3=O)C[C@]1(C)N. The van der Waals surface area contributed by atoms with Crippen LogP contribution in [0.15, 0.2) is 58.4 Å². The minimum Gasteiger partial charge on any atom is -0.511 e. The van der Waals surface area contributed by atoms with Gasteiger partial charge in [0.25, 0.3) is 0 Å². The number of carbonyl (C=O) groups is 3. The molecule has 292 valence electrons. The number of nitrogens with two attached hydrogens (primary N) is 1. The fourth-order valence-electron chi connectivity index (χ4n) is 10.8. The second kappa shape index (κ2) is 14.1. The smallest absolute Gasteiger partial charge is 0.407 e. The number of fused-ring (bicyclic) bond motifs is 4. The lowest BCUT2D eigenvalue weighted by molar-refractivity contribution is -0.224. The Kier molecular flexibility index (Phi) is 10.5. The largest absolute Gasteiger partial charge is 0.511 e. The first-order valence-corrected chi connectivity index (χ1v) is 19.3. The van der Waals surface area contributed by atoms with E-state index in [1.54, 1.807) is 0 Å². The van der Waals surface area contributed by atoms with Crippen molar-refractivity contribution in [1.29, 1.82) is 0 Å². The lowest BCUT2D eigenvalue weighted by Crippen LogP contribution is -2.66. The van der Waals surface area contributed by atoms with Crippen molar-refractivity contribution in [2.24, 2.45) is 52.6 Å². The summed E-state index contributed by atoms with van der Waals surface area (Å²) in [4.78, 5) is 41.1. The highest BCUT2D eigenvalue weighted by atomic mass is 16.7. The van der Waals surface area contributed by atoms with Crippen LogP contribution < -0.4 is 11.1 Å². The average Bonchev–Trinajstić information content (AvgIpc) is 3.32. The van der Waals surface area contributed by atoms with Crippen LogP contribution >= 0.6 is 0 Å². The van der Waals surface area contributed by atoms with E-state index in [1.807, 2.05) is 73.6 Å². The van der Waals surface area contributed by atoms with Gasteiger partial charge in [-0.25, -0.2) is 9.59 Å². The number of allylic oxidation sites excluding steroid dienone is 4. The number of nitrogens with one attached hydrogen (secondary N) is 1. The first-order valence-electron chi connectivity index (χ1n) is 19.3. The lowest BCUT2D eigenvalue weighted by atomic mass is 9.49. The van der Waals surface area contributed by atoms with Gasteiger partial charge in [0.2, 0.25) is 5.78 Å². The van der Waals surface area contributed by atoms with Crippen molar-refractivity contribution in [3.8, 4) is 0 Å². The van der Waals surface area contributed by atoms with Gasteiger partial charge >= 0.3 is 12.1 Å². The summed E-state index contributed by atoms with van der Waals surface area (Å²) in [6.45, 7) is 17.8. The number of aliphatic hydroxyl groups is 2. The lowest BCUT2D eigenvalue weighted by Gasteiger charge is -2.55. The molecule has 0 unspecified atom stereocenters. The van der Waals surface area contributed by atoms with Gasteiger partial charge < -0.3 is 40.2 Å². The van der Waals surface area contributed by atoms with Gasteiger partial charge in [-0.2, -0.15) is 0 Å². The van der Waals surface area contributed by atoms with Gasteiger partial charge in [0.15, 0.2) is 11.9 Å². The molecule has 11 heteroatoms. The number of carbonyl (C=O) groups excluding carboxylic acids is 3. The molecule has 53 heavy (non-hydrogen) atoms. The third-order valence-electron chi connectivity index (χ3n) is 13.8. The fourth-order valence-corrected chi connectivity index (χ4v) is 10.8. The van der Waals surface area contributed by atoms with E-state index in [-0.39, 0.29) is 53.8 Å². The number of rotatable bonds is 3. The van der Waals surface area contributed by atoms with E-state index in [2.05, 4.69) is 24.4 Å². The molecule has 0 aromatic carbocycles. The molecule has 1 spiro atoms. The van der Waals surface area contributed by atoms with Crippen LogP contribution in [0.4, 0.5) is 4.79 Å². The van der Waals surface area contributed by atoms with E-state index in [0.717, 1.165) is 23.1 Å². The topological polar surface area (TPSA) is 167 Å². The average molecular weight is 737 g/mol. The van der Waals surface area contributed by atoms with Crippen LogP contribution in [-0.2, 0) is 28.5 Å². The van der Waals surface area contributed by atoms with Crippen molar-refractivity contribution in [2.75, 3.05) is 7.11 Å².